The van der Waals surface area contributed by atoms with Gasteiger partial charge in [-0.3, -0.25) is 4.98 Å². The van der Waals surface area contributed by atoms with E-state index in [1.165, 1.54) is 0 Å². The molecule has 0 atom stereocenters. The van der Waals surface area contributed by atoms with Crippen LogP contribution < -0.4 is 10.2 Å². The van der Waals surface area contributed by atoms with Crippen LogP contribution in [0.15, 0.2) is 36.7 Å². The normalized spacial score (nSPS) is 10.6. The van der Waals surface area contributed by atoms with Crippen molar-refractivity contribution in [3.8, 4) is 11.4 Å². The lowest BCUT2D eigenvalue weighted by Gasteiger charge is -2.13. The van der Waals surface area contributed by atoms with Gasteiger partial charge in [-0.25, -0.2) is 0 Å². The summed E-state index contributed by atoms with van der Waals surface area (Å²) >= 11 is 0. The van der Waals surface area contributed by atoms with Gasteiger partial charge < -0.3 is 10.2 Å². The lowest BCUT2D eigenvalue weighted by Crippen LogP contribution is -2.15. The lowest BCUT2D eigenvalue weighted by molar-refractivity contribution is 0.964. The van der Waals surface area contributed by atoms with Gasteiger partial charge in [0.05, 0.1) is 0 Å². The fraction of sp³-hybridized carbons (Fsp3) is 0.200. The highest BCUT2D eigenvalue weighted by Gasteiger charge is 2.11. The maximum absolute atomic E-state index is 4.54. The summed E-state index contributed by atoms with van der Waals surface area (Å²) in [7, 11) is 5.61. The van der Waals surface area contributed by atoms with E-state index in [0.717, 1.165) is 16.3 Å². The standard InChI is InChI=1S/C15H16N6/c1-16-14-18-13(19-15(20-14)21(2)3)12-6-4-5-10-9-17-8-7-11(10)12/h4-9H,1-3H3,(H,16,18,19,20). The maximum Gasteiger partial charge on any atom is 0.230 e. The molecule has 106 valence electrons. The molecule has 1 N–H and O–H groups in total. The molecule has 0 aliphatic rings. The highest BCUT2D eigenvalue weighted by molar-refractivity contribution is 5.94. The molecule has 0 aliphatic carbocycles. The van der Waals surface area contributed by atoms with Gasteiger partial charge >= 0.3 is 0 Å². The van der Waals surface area contributed by atoms with Crippen molar-refractivity contribution in [3.05, 3.63) is 36.7 Å². The molecule has 6 nitrogen and oxygen atoms in total. The van der Waals surface area contributed by atoms with Crippen LogP contribution in [0.3, 0.4) is 0 Å². The van der Waals surface area contributed by atoms with Gasteiger partial charge in [0.25, 0.3) is 0 Å². The molecule has 21 heavy (non-hydrogen) atoms. The Labute approximate surface area is 122 Å². The number of pyridine rings is 1. The Bertz CT molecular complexity index is 779. The Balaban J connectivity index is 2.25. The van der Waals surface area contributed by atoms with Gasteiger partial charge in [0.15, 0.2) is 5.82 Å². The molecule has 0 fully saturated rings. The fourth-order valence-corrected chi connectivity index (χ4v) is 2.11. The van der Waals surface area contributed by atoms with Crippen LogP contribution in [0.4, 0.5) is 11.9 Å². The summed E-state index contributed by atoms with van der Waals surface area (Å²) < 4.78 is 0. The van der Waals surface area contributed by atoms with Crippen LogP contribution in [0.5, 0.6) is 0 Å². The minimum Gasteiger partial charge on any atom is -0.357 e. The summed E-state index contributed by atoms with van der Waals surface area (Å²) in [5.41, 5.74) is 0.969. The first-order valence-corrected chi connectivity index (χ1v) is 6.63. The minimum atomic E-state index is 0.551. The van der Waals surface area contributed by atoms with Crippen molar-refractivity contribution in [2.45, 2.75) is 0 Å². The zero-order valence-electron chi connectivity index (χ0n) is 12.2. The lowest BCUT2D eigenvalue weighted by atomic mass is 10.1. The molecular formula is C15H16N6. The van der Waals surface area contributed by atoms with Crippen molar-refractivity contribution in [1.29, 1.82) is 0 Å². The second-order valence-corrected chi connectivity index (χ2v) is 4.83. The topological polar surface area (TPSA) is 66.8 Å². The molecule has 0 radical (unpaired) electrons. The van der Waals surface area contributed by atoms with E-state index >= 15 is 0 Å². The molecule has 2 heterocycles. The van der Waals surface area contributed by atoms with Crippen LogP contribution in [0.25, 0.3) is 22.2 Å². The first-order chi connectivity index (χ1) is 10.2. The maximum atomic E-state index is 4.54. The Morgan fingerprint density at radius 2 is 1.90 bits per heavy atom. The molecule has 0 unspecified atom stereocenters. The number of hydrogen-bond donors (Lipinski definition) is 1. The Hall–Kier alpha value is -2.76. The molecule has 2 aromatic heterocycles. The van der Waals surface area contributed by atoms with E-state index in [1.807, 2.05) is 49.5 Å². The van der Waals surface area contributed by atoms with Crippen molar-refractivity contribution >= 4 is 22.7 Å². The number of hydrogen-bond acceptors (Lipinski definition) is 6. The number of nitrogens with zero attached hydrogens (tertiary/aromatic N) is 5. The summed E-state index contributed by atoms with van der Waals surface area (Å²) in [6, 6.07) is 8.00. The molecular weight excluding hydrogens is 264 g/mol. The quantitative estimate of drug-likeness (QED) is 0.793. The average Bonchev–Trinajstić information content (AvgIpc) is 2.53. The van der Waals surface area contributed by atoms with Crippen molar-refractivity contribution in [3.63, 3.8) is 0 Å². The Morgan fingerprint density at radius 1 is 1.05 bits per heavy atom. The van der Waals surface area contributed by atoms with Crippen LogP contribution >= 0.6 is 0 Å². The molecule has 0 spiro atoms. The van der Waals surface area contributed by atoms with Crippen molar-refractivity contribution in [2.24, 2.45) is 0 Å². The van der Waals surface area contributed by atoms with E-state index in [4.69, 9.17) is 0 Å². The van der Waals surface area contributed by atoms with Gasteiger partial charge in [-0.15, -0.1) is 0 Å². The zero-order chi connectivity index (χ0) is 14.8. The van der Waals surface area contributed by atoms with E-state index in [-0.39, 0.29) is 0 Å². The van der Waals surface area contributed by atoms with Crippen LogP contribution in [0, 0.1) is 0 Å². The van der Waals surface area contributed by atoms with E-state index in [9.17, 15) is 0 Å². The smallest absolute Gasteiger partial charge is 0.230 e. The summed E-state index contributed by atoms with van der Waals surface area (Å²) in [5, 5.41) is 5.12. The zero-order valence-corrected chi connectivity index (χ0v) is 12.2. The van der Waals surface area contributed by atoms with Crippen LogP contribution in [-0.4, -0.2) is 41.1 Å². The van der Waals surface area contributed by atoms with Crippen LogP contribution in [0.2, 0.25) is 0 Å². The van der Waals surface area contributed by atoms with Crippen LogP contribution in [0.1, 0.15) is 0 Å². The summed E-state index contributed by atoms with van der Waals surface area (Å²) in [4.78, 5) is 19.4. The predicted octanol–water partition coefficient (Wildman–Crippen LogP) is 2.19. The van der Waals surface area contributed by atoms with Crippen molar-refractivity contribution in [1.82, 2.24) is 19.9 Å². The average molecular weight is 280 g/mol. The van der Waals surface area contributed by atoms with Crippen LogP contribution in [-0.2, 0) is 0 Å². The monoisotopic (exact) mass is 280 g/mol. The van der Waals surface area contributed by atoms with Gasteiger partial charge in [-0.05, 0) is 11.5 Å². The van der Waals surface area contributed by atoms with E-state index < -0.39 is 0 Å². The molecule has 0 saturated heterocycles. The summed E-state index contributed by atoms with van der Waals surface area (Å²) in [6.07, 6.45) is 3.62. The van der Waals surface area contributed by atoms with Crippen molar-refractivity contribution < 1.29 is 0 Å². The number of fused-ring (bicyclic) bond motifs is 1. The van der Waals surface area contributed by atoms with E-state index in [1.54, 1.807) is 13.2 Å². The first-order valence-electron chi connectivity index (χ1n) is 6.63. The first kappa shape index (κ1) is 13.2. The van der Waals surface area contributed by atoms with Gasteiger partial charge in [0.2, 0.25) is 11.9 Å². The minimum absolute atomic E-state index is 0.551. The van der Waals surface area contributed by atoms with Gasteiger partial charge in [0.1, 0.15) is 0 Å². The largest absolute Gasteiger partial charge is 0.357 e. The third-order valence-electron chi connectivity index (χ3n) is 3.17. The number of benzene rings is 1. The Morgan fingerprint density at radius 3 is 2.67 bits per heavy atom. The van der Waals surface area contributed by atoms with E-state index in [2.05, 4.69) is 25.3 Å². The molecule has 1 aromatic carbocycles. The molecule has 3 aromatic rings. The SMILES string of the molecule is CNc1nc(-c2cccc3cnccc23)nc(N(C)C)n1. The number of aromatic nitrogens is 4. The van der Waals surface area contributed by atoms with Gasteiger partial charge in [0, 0.05) is 44.5 Å². The number of anilines is 2. The molecule has 0 amide bonds. The van der Waals surface area contributed by atoms with Gasteiger partial charge in [-0.1, -0.05) is 18.2 Å². The summed E-state index contributed by atoms with van der Waals surface area (Å²) in [5.74, 6) is 1.82. The van der Waals surface area contributed by atoms with E-state index in [0.29, 0.717) is 17.7 Å². The van der Waals surface area contributed by atoms with Crippen molar-refractivity contribution in [2.75, 3.05) is 31.4 Å². The highest BCUT2D eigenvalue weighted by Crippen LogP contribution is 2.26. The fourth-order valence-electron chi connectivity index (χ4n) is 2.11. The predicted molar refractivity (Wildman–Crippen MR) is 84.4 cm³/mol. The highest BCUT2D eigenvalue weighted by atomic mass is 15.3. The number of rotatable bonds is 3. The molecule has 3 rings (SSSR count). The molecule has 6 heteroatoms. The number of nitrogens with one attached hydrogen (secondary N) is 1. The molecule has 0 aliphatic heterocycles. The third-order valence-corrected chi connectivity index (χ3v) is 3.17. The second-order valence-electron chi connectivity index (χ2n) is 4.83. The van der Waals surface area contributed by atoms with Gasteiger partial charge in [-0.2, -0.15) is 15.0 Å². The molecule has 0 saturated carbocycles. The third kappa shape index (κ3) is 2.47. The molecule has 0 bridgehead atoms. The second kappa shape index (κ2) is 5.32. The Kier molecular flexibility index (Phi) is 3.35. The summed E-state index contributed by atoms with van der Waals surface area (Å²) in [6.45, 7) is 0.